The number of halogens is 1. The Morgan fingerprint density at radius 2 is 1.60 bits per heavy atom. The molecule has 6 heteroatoms. The Morgan fingerprint density at radius 1 is 1.00 bits per heavy atom. The third kappa shape index (κ3) is 9.09. The molecule has 3 N–H and O–H groups in total. The zero-order chi connectivity index (χ0) is 18.0. The number of hydrogen-bond donors (Lipinski definition) is 3. The van der Waals surface area contributed by atoms with Crippen molar-refractivity contribution in [2.24, 2.45) is 10.4 Å². The minimum Gasteiger partial charge on any atom is -0.357 e. The van der Waals surface area contributed by atoms with Crippen LogP contribution in [0.5, 0.6) is 0 Å². The summed E-state index contributed by atoms with van der Waals surface area (Å²) in [5, 5.41) is 9.42. The summed E-state index contributed by atoms with van der Waals surface area (Å²) in [4.78, 5) is 16.5. The molecule has 0 aliphatic rings. The fourth-order valence-electron chi connectivity index (χ4n) is 2.18. The minimum absolute atomic E-state index is 0. The molecular formula is C19H33IN4O. The lowest BCUT2D eigenvalue weighted by Gasteiger charge is -2.18. The van der Waals surface area contributed by atoms with E-state index in [0.29, 0.717) is 19.6 Å². The van der Waals surface area contributed by atoms with Gasteiger partial charge in [0.05, 0.1) is 6.54 Å². The normalized spacial score (nSPS) is 11.5. The van der Waals surface area contributed by atoms with E-state index in [4.69, 9.17) is 0 Å². The molecular weight excluding hydrogens is 427 g/mol. The largest absolute Gasteiger partial charge is 0.357 e. The van der Waals surface area contributed by atoms with Crippen LogP contribution in [0.4, 0.5) is 0 Å². The Bertz CT molecular complexity index is 553. The highest BCUT2D eigenvalue weighted by Crippen LogP contribution is 2.12. The van der Waals surface area contributed by atoms with Gasteiger partial charge in [-0.05, 0) is 24.5 Å². The van der Waals surface area contributed by atoms with Crippen LogP contribution < -0.4 is 16.0 Å². The highest BCUT2D eigenvalue weighted by molar-refractivity contribution is 14.0. The molecule has 0 saturated heterocycles. The number of benzene rings is 1. The summed E-state index contributed by atoms with van der Waals surface area (Å²) in [5.41, 5.74) is 2.22. The molecule has 0 radical (unpaired) electrons. The van der Waals surface area contributed by atoms with E-state index < -0.39 is 0 Å². The molecule has 0 bridgehead atoms. The summed E-state index contributed by atoms with van der Waals surface area (Å²) in [5.74, 6) is 0.830. The van der Waals surface area contributed by atoms with Gasteiger partial charge in [0.25, 0.3) is 0 Å². The molecule has 1 rings (SSSR count). The van der Waals surface area contributed by atoms with Crippen molar-refractivity contribution in [2.45, 2.75) is 47.6 Å². The van der Waals surface area contributed by atoms with E-state index in [-0.39, 0.29) is 35.3 Å². The highest BCUT2D eigenvalue weighted by atomic mass is 127. The van der Waals surface area contributed by atoms with Crippen molar-refractivity contribution in [1.82, 2.24) is 16.0 Å². The maximum Gasteiger partial charge on any atom is 0.225 e. The lowest BCUT2D eigenvalue weighted by atomic mass is 9.96. The molecule has 1 aromatic carbocycles. The van der Waals surface area contributed by atoms with Crippen LogP contribution in [0.3, 0.4) is 0 Å². The van der Waals surface area contributed by atoms with Crippen molar-refractivity contribution in [3.63, 3.8) is 0 Å². The summed E-state index contributed by atoms with van der Waals surface area (Å²) in [7, 11) is 0. The van der Waals surface area contributed by atoms with Crippen molar-refractivity contribution in [1.29, 1.82) is 0 Å². The third-order valence-corrected chi connectivity index (χ3v) is 3.64. The standard InChI is InChI=1S/C19H32N4O.HI/c1-6-15-10-8-9-11-16(15)14-23-18(20-7-2)22-13-12-21-17(24)19(3,4)5;/h8-11H,6-7,12-14H2,1-5H3,(H,21,24)(H2,20,22,23);1H. The fourth-order valence-corrected chi connectivity index (χ4v) is 2.18. The fraction of sp³-hybridized carbons (Fsp3) is 0.579. The first kappa shape index (κ1) is 23.7. The van der Waals surface area contributed by atoms with Crippen molar-refractivity contribution in [3.05, 3.63) is 35.4 Å². The minimum atomic E-state index is -0.359. The van der Waals surface area contributed by atoms with Crippen molar-refractivity contribution in [3.8, 4) is 0 Å². The van der Waals surface area contributed by atoms with E-state index in [9.17, 15) is 4.79 Å². The number of carbonyl (C=O) groups excluding carboxylic acids is 1. The number of nitrogens with one attached hydrogen (secondary N) is 3. The number of rotatable bonds is 7. The van der Waals surface area contributed by atoms with Gasteiger partial charge < -0.3 is 16.0 Å². The monoisotopic (exact) mass is 460 g/mol. The predicted molar refractivity (Wildman–Crippen MR) is 117 cm³/mol. The second kappa shape index (κ2) is 12.1. The van der Waals surface area contributed by atoms with Crippen LogP contribution in [-0.2, 0) is 17.8 Å². The van der Waals surface area contributed by atoms with E-state index in [1.54, 1.807) is 0 Å². The van der Waals surface area contributed by atoms with Crippen LogP contribution in [0.15, 0.2) is 29.3 Å². The maximum absolute atomic E-state index is 11.8. The zero-order valence-corrected chi connectivity index (χ0v) is 18.4. The molecule has 5 nitrogen and oxygen atoms in total. The third-order valence-electron chi connectivity index (χ3n) is 3.64. The molecule has 0 aliphatic carbocycles. The van der Waals surface area contributed by atoms with Gasteiger partial charge in [-0.2, -0.15) is 0 Å². The van der Waals surface area contributed by atoms with Gasteiger partial charge in [-0.1, -0.05) is 52.0 Å². The maximum atomic E-state index is 11.8. The Balaban J connectivity index is 0.00000576. The number of carbonyl (C=O) groups is 1. The quantitative estimate of drug-likeness (QED) is 0.254. The van der Waals surface area contributed by atoms with Gasteiger partial charge >= 0.3 is 0 Å². The first-order valence-electron chi connectivity index (χ1n) is 8.75. The van der Waals surface area contributed by atoms with Gasteiger partial charge in [-0.3, -0.25) is 4.79 Å². The molecule has 0 unspecified atom stereocenters. The van der Waals surface area contributed by atoms with E-state index in [1.165, 1.54) is 11.1 Å². The number of hydrogen-bond acceptors (Lipinski definition) is 2. The number of guanidine groups is 1. The zero-order valence-electron chi connectivity index (χ0n) is 16.1. The molecule has 25 heavy (non-hydrogen) atoms. The van der Waals surface area contributed by atoms with E-state index in [0.717, 1.165) is 18.9 Å². The lowest BCUT2D eigenvalue weighted by Crippen LogP contribution is -2.43. The topological polar surface area (TPSA) is 65.5 Å². The van der Waals surface area contributed by atoms with Gasteiger partial charge in [0.1, 0.15) is 0 Å². The van der Waals surface area contributed by atoms with Gasteiger partial charge in [-0.25, -0.2) is 4.99 Å². The number of aryl methyl sites for hydroxylation is 1. The van der Waals surface area contributed by atoms with Crippen LogP contribution >= 0.6 is 24.0 Å². The SMILES string of the molecule is CCNC(=NCc1ccccc1CC)NCCNC(=O)C(C)(C)C.I. The van der Waals surface area contributed by atoms with Crippen LogP contribution in [0.2, 0.25) is 0 Å². The molecule has 1 amide bonds. The van der Waals surface area contributed by atoms with Crippen LogP contribution in [0.25, 0.3) is 0 Å². The number of aliphatic imine (C=N–C) groups is 1. The predicted octanol–water partition coefficient (Wildman–Crippen LogP) is 3.08. The van der Waals surface area contributed by atoms with Crippen LogP contribution in [0.1, 0.15) is 45.7 Å². The van der Waals surface area contributed by atoms with Gasteiger partial charge in [0.15, 0.2) is 5.96 Å². The molecule has 142 valence electrons. The van der Waals surface area contributed by atoms with Gasteiger partial charge in [0.2, 0.25) is 5.91 Å². The Hall–Kier alpha value is -1.31. The van der Waals surface area contributed by atoms with E-state index in [2.05, 4.69) is 46.1 Å². The molecule has 0 spiro atoms. The smallest absolute Gasteiger partial charge is 0.225 e. The molecule has 0 saturated carbocycles. The van der Waals surface area contributed by atoms with Crippen LogP contribution in [-0.4, -0.2) is 31.5 Å². The molecule has 1 aromatic rings. The van der Waals surface area contributed by atoms with E-state index in [1.807, 2.05) is 33.8 Å². The summed E-state index contributed by atoms with van der Waals surface area (Å²) in [6.45, 7) is 12.6. The van der Waals surface area contributed by atoms with Gasteiger partial charge in [0, 0.05) is 25.0 Å². The Labute approximate surface area is 169 Å². The van der Waals surface area contributed by atoms with Crippen molar-refractivity contribution in [2.75, 3.05) is 19.6 Å². The number of amides is 1. The average molecular weight is 460 g/mol. The first-order valence-corrected chi connectivity index (χ1v) is 8.75. The lowest BCUT2D eigenvalue weighted by molar-refractivity contribution is -0.128. The molecule has 0 fully saturated rings. The van der Waals surface area contributed by atoms with Gasteiger partial charge in [-0.15, -0.1) is 24.0 Å². The second-order valence-corrected chi connectivity index (χ2v) is 6.75. The Kier molecular flexibility index (Phi) is 11.5. The van der Waals surface area contributed by atoms with E-state index >= 15 is 0 Å². The highest BCUT2D eigenvalue weighted by Gasteiger charge is 2.20. The molecule has 0 heterocycles. The molecule has 0 atom stereocenters. The molecule has 0 aliphatic heterocycles. The van der Waals surface area contributed by atoms with Crippen LogP contribution in [0, 0.1) is 5.41 Å². The average Bonchev–Trinajstić information content (AvgIpc) is 2.55. The van der Waals surface area contributed by atoms with Crippen molar-refractivity contribution < 1.29 is 4.79 Å². The summed E-state index contributed by atoms with van der Waals surface area (Å²) in [6, 6.07) is 8.38. The number of nitrogens with zero attached hydrogens (tertiary/aromatic N) is 1. The summed E-state index contributed by atoms with van der Waals surface area (Å²) >= 11 is 0. The molecule has 0 aromatic heterocycles. The van der Waals surface area contributed by atoms with Crippen molar-refractivity contribution >= 4 is 35.8 Å². The summed E-state index contributed by atoms with van der Waals surface area (Å²) < 4.78 is 0. The second-order valence-electron chi connectivity index (χ2n) is 6.75. The first-order chi connectivity index (χ1) is 11.4. The Morgan fingerprint density at radius 3 is 2.16 bits per heavy atom. The summed E-state index contributed by atoms with van der Waals surface area (Å²) in [6.07, 6.45) is 1.01.